The van der Waals surface area contributed by atoms with Gasteiger partial charge in [0.15, 0.2) is 5.82 Å². The lowest BCUT2D eigenvalue weighted by atomic mass is 9.99. The van der Waals surface area contributed by atoms with Crippen LogP contribution in [0, 0.1) is 25.7 Å². The fourth-order valence-corrected chi connectivity index (χ4v) is 5.90. The van der Waals surface area contributed by atoms with Gasteiger partial charge in [-0.15, -0.1) is 21.5 Å². The number of aryl methyl sites for hydroxylation is 2. The van der Waals surface area contributed by atoms with Crippen molar-refractivity contribution in [2.75, 3.05) is 0 Å². The van der Waals surface area contributed by atoms with E-state index in [1.54, 1.807) is 17.5 Å². The van der Waals surface area contributed by atoms with Crippen LogP contribution in [0.3, 0.4) is 0 Å². The summed E-state index contributed by atoms with van der Waals surface area (Å²) in [6, 6.07) is 7.59. The SMILES string of the molecule is CC.Cc1c(C#Cc2cnn(CCCC(=O)OC(C)(C)C)c2)sc2c1C(c1ccc(Cl)cc1)=N[C@@H](C)c1nnc(C)n1-2. The molecule has 0 bridgehead atoms. The van der Waals surface area contributed by atoms with Gasteiger partial charge in [0, 0.05) is 35.3 Å². The van der Waals surface area contributed by atoms with Crippen LogP contribution in [0.15, 0.2) is 41.7 Å². The largest absolute Gasteiger partial charge is 0.460 e. The first-order valence-corrected chi connectivity index (χ1v) is 15.4. The Balaban J connectivity index is 0.00000198. The van der Waals surface area contributed by atoms with Gasteiger partial charge in [0.05, 0.1) is 22.3 Å². The first kappa shape index (κ1) is 31.2. The minimum absolute atomic E-state index is 0.165. The predicted molar refractivity (Wildman–Crippen MR) is 169 cm³/mol. The van der Waals surface area contributed by atoms with Crippen molar-refractivity contribution in [3.8, 4) is 16.8 Å². The molecule has 0 amide bonds. The Hall–Kier alpha value is -3.74. The molecule has 3 aromatic heterocycles. The molecule has 1 aliphatic heterocycles. The zero-order valence-corrected chi connectivity index (χ0v) is 27.0. The molecule has 0 radical (unpaired) electrons. The molecule has 4 aromatic rings. The molecule has 42 heavy (non-hydrogen) atoms. The number of aliphatic imine (C=N–C) groups is 1. The van der Waals surface area contributed by atoms with Crippen LogP contribution in [0.25, 0.3) is 5.00 Å². The first-order chi connectivity index (χ1) is 20.0. The summed E-state index contributed by atoms with van der Waals surface area (Å²) in [6.07, 6.45) is 4.64. The Kier molecular flexibility index (Phi) is 9.70. The van der Waals surface area contributed by atoms with Gasteiger partial charge in [-0.1, -0.05) is 49.4 Å². The monoisotopic (exact) mass is 604 g/mol. The number of fused-ring (bicyclic) bond motifs is 3. The molecular formula is C32H37ClN6O2S. The molecule has 0 N–H and O–H groups in total. The topological polar surface area (TPSA) is 87.2 Å². The summed E-state index contributed by atoms with van der Waals surface area (Å²) in [5, 5.41) is 14.9. The van der Waals surface area contributed by atoms with E-state index < -0.39 is 5.60 Å². The van der Waals surface area contributed by atoms with E-state index in [1.165, 1.54) is 0 Å². The van der Waals surface area contributed by atoms with Crippen molar-refractivity contribution in [1.29, 1.82) is 0 Å². The molecule has 4 heterocycles. The highest BCUT2D eigenvalue weighted by Gasteiger charge is 2.30. The van der Waals surface area contributed by atoms with Crippen molar-refractivity contribution < 1.29 is 9.53 Å². The van der Waals surface area contributed by atoms with E-state index in [2.05, 4.69) is 38.6 Å². The van der Waals surface area contributed by atoms with Gasteiger partial charge in [0.1, 0.15) is 22.5 Å². The average Bonchev–Trinajstić information content (AvgIpc) is 3.61. The van der Waals surface area contributed by atoms with Crippen molar-refractivity contribution in [1.82, 2.24) is 24.5 Å². The number of rotatable bonds is 5. The number of hydrogen-bond acceptors (Lipinski definition) is 7. The highest BCUT2D eigenvalue weighted by atomic mass is 35.5. The summed E-state index contributed by atoms with van der Waals surface area (Å²) >= 11 is 7.80. The molecular weight excluding hydrogens is 568 g/mol. The Morgan fingerprint density at radius 1 is 1.12 bits per heavy atom. The Labute approximate surface area is 256 Å². The molecule has 10 heteroatoms. The molecule has 1 aromatic carbocycles. The van der Waals surface area contributed by atoms with Crippen LogP contribution in [0.5, 0.6) is 0 Å². The van der Waals surface area contributed by atoms with Crippen LogP contribution in [0.4, 0.5) is 0 Å². The number of nitrogens with zero attached hydrogens (tertiary/aromatic N) is 6. The normalized spacial score (nSPS) is 13.9. The third-order valence-corrected chi connectivity index (χ3v) is 7.82. The summed E-state index contributed by atoms with van der Waals surface area (Å²) in [5.41, 5.74) is 4.30. The standard InChI is InChI=1S/C30H31ClN6O2S.C2H6/c1-18-24(14-9-21-16-32-36(17-21)15-7-8-25(38)39-30(4,5)6)40-29-26(18)27(22-10-12-23(31)13-11-22)33-19(2)28-35-34-20(3)37(28)29;1-2/h10-13,16-17,19H,7-8,15H2,1-6H3;1-2H3/t19-;/m0./s1. The van der Waals surface area contributed by atoms with Crippen molar-refractivity contribution >= 4 is 34.6 Å². The third kappa shape index (κ3) is 7.00. The predicted octanol–water partition coefficient (Wildman–Crippen LogP) is 7.26. The van der Waals surface area contributed by atoms with Crippen LogP contribution in [-0.2, 0) is 16.1 Å². The minimum atomic E-state index is -0.474. The summed E-state index contributed by atoms with van der Waals surface area (Å²) in [7, 11) is 0. The number of ether oxygens (including phenoxy) is 1. The summed E-state index contributed by atoms with van der Waals surface area (Å²) in [6.45, 7) is 16.3. The number of halogens is 1. The van der Waals surface area contributed by atoms with Crippen molar-refractivity contribution in [2.24, 2.45) is 4.99 Å². The third-order valence-electron chi connectivity index (χ3n) is 6.37. The maximum Gasteiger partial charge on any atom is 0.306 e. The number of carbonyl (C=O) groups excluding carboxylic acids is 1. The zero-order valence-electron chi connectivity index (χ0n) is 25.4. The van der Waals surface area contributed by atoms with Gasteiger partial charge in [-0.25, -0.2) is 0 Å². The van der Waals surface area contributed by atoms with Crippen LogP contribution in [-0.4, -0.2) is 41.8 Å². The van der Waals surface area contributed by atoms with Gasteiger partial charge in [-0.05, 0) is 65.7 Å². The first-order valence-electron chi connectivity index (χ1n) is 14.2. The number of hydrogen-bond donors (Lipinski definition) is 0. The molecule has 220 valence electrons. The summed E-state index contributed by atoms with van der Waals surface area (Å²) in [5.74, 6) is 8.05. The lowest BCUT2D eigenvalue weighted by Crippen LogP contribution is -2.23. The number of esters is 1. The van der Waals surface area contributed by atoms with E-state index in [0.29, 0.717) is 24.4 Å². The van der Waals surface area contributed by atoms with Gasteiger partial charge in [0.25, 0.3) is 0 Å². The molecule has 1 aliphatic rings. The summed E-state index contributed by atoms with van der Waals surface area (Å²) < 4.78 is 9.28. The Morgan fingerprint density at radius 3 is 2.52 bits per heavy atom. The maximum absolute atomic E-state index is 12.0. The second kappa shape index (κ2) is 13.1. The van der Waals surface area contributed by atoms with Crippen molar-refractivity contribution in [3.63, 3.8) is 0 Å². The number of thiophene rings is 1. The Morgan fingerprint density at radius 2 is 1.83 bits per heavy atom. The lowest BCUT2D eigenvalue weighted by Gasteiger charge is -2.19. The molecule has 0 unspecified atom stereocenters. The Bertz CT molecular complexity index is 1660. The fourth-order valence-electron chi connectivity index (χ4n) is 4.55. The van der Waals surface area contributed by atoms with E-state index in [-0.39, 0.29) is 12.0 Å². The number of carbonyl (C=O) groups is 1. The molecule has 0 aliphatic carbocycles. The smallest absolute Gasteiger partial charge is 0.306 e. The molecule has 8 nitrogen and oxygen atoms in total. The quantitative estimate of drug-likeness (QED) is 0.177. The van der Waals surface area contributed by atoms with Crippen molar-refractivity contribution in [2.45, 2.75) is 86.4 Å². The van der Waals surface area contributed by atoms with Gasteiger partial charge in [-0.2, -0.15) is 5.10 Å². The van der Waals surface area contributed by atoms with E-state index in [4.69, 9.17) is 21.3 Å². The fraction of sp³-hybridized carbons (Fsp3) is 0.406. The molecule has 0 saturated heterocycles. The molecule has 1 atom stereocenters. The van der Waals surface area contributed by atoms with Crippen molar-refractivity contribution in [3.05, 3.63) is 80.5 Å². The highest BCUT2D eigenvalue weighted by molar-refractivity contribution is 7.15. The molecule has 0 fully saturated rings. The van der Waals surface area contributed by atoms with E-state index in [1.807, 2.05) is 83.6 Å². The van der Waals surface area contributed by atoms with Gasteiger partial charge < -0.3 is 4.74 Å². The zero-order chi connectivity index (χ0) is 30.6. The molecule has 5 rings (SSSR count). The number of benzene rings is 1. The van der Waals surface area contributed by atoms with Gasteiger partial charge >= 0.3 is 5.97 Å². The number of aromatic nitrogens is 5. The lowest BCUT2D eigenvalue weighted by molar-refractivity contribution is -0.154. The van der Waals surface area contributed by atoms with Crippen LogP contribution in [0.2, 0.25) is 5.02 Å². The minimum Gasteiger partial charge on any atom is -0.460 e. The van der Waals surface area contributed by atoms with E-state index >= 15 is 0 Å². The average molecular weight is 605 g/mol. The van der Waals surface area contributed by atoms with Crippen LogP contribution in [0.1, 0.15) is 99.2 Å². The van der Waals surface area contributed by atoms with Crippen LogP contribution >= 0.6 is 22.9 Å². The van der Waals surface area contributed by atoms with E-state index in [0.717, 1.165) is 49.5 Å². The highest BCUT2D eigenvalue weighted by Crippen LogP contribution is 2.38. The maximum atomic E-state index is 12.0. The van der Waals surface area contributed by atoms with E-state index in [9.17, 15) is 4.79 Å². The second-order valence-corrected chi connectivity index (χ2v) is 12.2. The summed E-state index contributed by atoms with van der Waals surface area (Å²) in [4.78, 5) is 18.0. The van der Waals surface area contributed by atoms with Gasteiger partial charge in [0.2, 0.25) is 0 Å². The molecule has 0 spiro atoms. The second-order valence-electron chi connectivity index (χ2n) is 10.8. The molecule has 0 saturated carbocycles. The van der Waals surface area contributed by atoms with Crippen LogP contribution < -0.4 is 0 Å². The van der Waals surface area contributed by atoms with Gasteiger partial charge in [-0.3, -0.25) is 19.0 Å².